The van der Waals surface area contributed by atoms with E-state index in [1.807, 2.05) is 30.3 Å². The summed E-state index contributed by atoms with van der Waals surface area (Å²) in [6, 6.07) is 11.7. The first-order chi connectivity index (χ1) is 12.0. The Hall–Kier alpha value is -2.00. The zero-order chi connectivity index (χ0) is 17.8. The fourth-order valence-electron chi connectivity index (χ4n) is 2.17. The van der Waals surface area contributed by atoms with Crippen LogP contribution in [0, 0.1) is 0 Å². The number of nitrogens with zero attached hydrogens (tertiary/aromatic N) is 2. The van der Waals surface area contributed by atoms with E-state index in [0.717, 1.165) is 10.6 Å². The second kappa shape index (κ2) is 7.92. The van der Waals surface area contributed by atoms with Gasteiger partial charge in [-0.1, -0.05) is 41.9 Å². The zero-order valence-corrected chi connectivity index (χ0v) is 15.2. The van der Waals surface area contributed by atoms with Crippen molar-refractivity contribution >= 4 is 39.9 Å². The van der Waals surface area contributed by atoms with Crippen LogP contribution < -0.4 is 4.72 Å². The number of aliphatic carboxylic acids is 1. The first kappa shape index (κ1) is 17.8. The van der Waals surface area contributed by atoms with Crippen LogP contribution in [0.5, 0.6) is 0 Å². The van der Waals surface area contributed by atoms with Gasteiger partial charge >= 0.3 is 5.97 Å². The number of benzene rings is 1. The van der Waals surface area contributed by atoms with Gasteiger partial charge in [-0.25, -0.2) is 13.6 Å². The maximum atomic E-state index is 12.5. The van der Waals surface area contributed by atoms with Crippen molar-refractivity contribution in [3.05, 3.63) is 65.4 Å². The molecule has 9 heteroatoms. The smallest absolute Gasteiger partial charge is 0.321 e. The van der Waals surface area contributed by atoms with Gasteiger partial charge in [0, 0.05) is 0 Å². The van der Waals surface area contributed by atoms with Crippen LogP contribution in [-0.2, 0) is 22.2 Å². The second-order valence-corrected chi connectivity index (χ2v) is 8.13. The highest BCUT2D eigenvalue weighted by Crippen LogP contribution is 2.24. The van der Waals surface area contributed by atoms with Crippen LogP contribution in [0.15, 0.2) is 59.1 Å². The van der Waals surface area contributed by atoms with Gasteiger partial charge in [0.1, 0.15) is 26.2 Å². The van der Waals surface area contributed by atoms with Gasteiger partial charge in [-0.05, 0) is 24.1 Å². The summed E-state index contributed by atoms with van der Waals surface area (Å²) < 4.78 is 17.3. The third kappa shape index (κ3) is 4.55. The highest BCUT2D eigenvalue weighted by atomic mass is 35.5. The summed E-state index contributed by atoms with van der Waals surface area (Å²) in [6.07, 6.45) is 3.40. The Labute approximate surface area is 155 Å². The van der Waals surface area contributed by atoms with Crippen molar-refractivity contribution in [1.29, 1.82) is 0 Å². The predicted molar refractivity (Wildman–Crippen MR) is 97.6 cm³/mol. The zero-order valence-electron chi connectivity index (χ0n) is 12.8. The second-order valence-electron chi connectivity index (χ2n) is 5.16. The number of halogens is 1. The van der Waals surface area contributed by atoms with Gasteiger partial charge in [0.05, 0.1) is 17.4 Å². The van der Waals surface area contributed by atoms with Crippen LogP contribution in [0.4, 0.5) is 0 Å². The van der Waals surface area contributed by atoms with Gasteiger partial charge in [0.25, 0.3) is 0 Å². The monoisotopic (exact) mass is 395 g/mol. The average Bonchev–Trinajstić information content (AvgIpc) is 3.24. The molecule has 0 radical (unpaired) electrons. The Morgan fingerprint density at radius 1 is 1.32 bits per heavy atom. The van der Waals surface area contributed by atoms with E-state index in [2.05, 4.69) is 9.82 Å². The summed E-state index contributed by atoms with van der Waals surface area (Å²) in [4.78, 5) is 11.5. The minimum absolute atomic E-state index is 0.245. The number of carbonyl (C=O) groups is 1. The van der Waals surface area contributed by atoms with Crippen molar-refractivity contribution in [1.82, 2.24) is 14.5 Å². The van der Waals surface area contributed by atoms with Crippen LogP contribution in [0.2, 0.25) is 5.02 Å². The average molecular weight is 396 g/mol. The molecule has 2 heterocycles. The lowest BCUT2D eigenvalue weighted by atomic mass is 10.1. The van der Waals surface area contributed by atoms with Crippen LogP contribution >= 0.6 is 22.9 Å². The van der Waals surface area contributed by atoms with Crippen LogP contribution in [0.1, 0.15) is 5.56 Å². The van der Waals surface area contributed by atoms with Crippen molar-refractivity contribution in [2.75, 3.05) is 0 Å². The van der Waals surface area contributed by atoms with Crippen molar-refractivity contribution in [3.8, 4) is 5.00 Å². The number of hydrogen-bond donors (Lipinski definition) is 2. The Bertz CT molecular complexity index is 895. The maximum Gasteiger partial charge on any atom is 0.321 e. The number of aromatic nitrogens is 2. The molecule has 2 atom stereocenters. The summed E-state index contributed by atoms with van der Waals surface area (Å²) in [5.41, 5.74) is 0.859. The van der Waals surface area contributed by atoms with E-state index in [0.29, 0.717) is 9.23 Å². The Balaban J connectivity index is 1.71. The predicted octanol–water partition coefficient (Wildman–Crippen LogP) is 2.90. The molecule has 0 fully saturated rings. The van der Waals surface area contributed by atoms with E-state index in [-0.39, 0.29) is 6.42 Å². The Morgan fingerprint density at radius 3 is 2.72 bits per heavy atom. The molecule has 0 amide bonds. The molecule has 0 aliphatic carbocycles. The summed E-state index contributed by atoms with van der Waals surface area (Å²) in [7, 11) is -1.64. The largest absolute Gasteiger partial charge is 0.480 e. The molecule has 25 heavy (non-hydrogen) atoms. The van der Waals surface area contributed by atoms with E-state index in [9.17, 15) is 14.1 Å². The molecule has 0 saturated carbocycles. The first-order valence-electron chi connectivity index (χ1n) is 7.28. The molecule has 2 aromatic heterocycles. The lowest BCUT2D eigenvalue weighted by Crippen LogP contribution is -2.39. The van der Waals surface area contributed by atoms with Gasteiger partial charge in [-0.3, -0.25) is 4.79 Å². The minimum atomic E-state index is -1.64. The molecule has 130 valence electrons. The van der Waals surface area contributed by atoms with E-state index in [1.54, 1.807) is 23.0 Å². The third-order valence-corrected chi connectivity index (χ3v) is 6.13. The fourth-order valence-corrected chi connectivity index (χ4v) is 4.43. The molecule has 0 bridgehead atoms. The van der Waals surface area contributed by atoms with Gasteiger partial charge in [-0.15, -0.1) is 11.3 Å². The molecule has 0 saturated heterocycles. The molecule has 0 spiro atoms. The lowest BCUT2D eigenvalue weighted by Gasteiger charge is -2.13. The molecule has 2 unspecified atom stereocenters. The van der Waals surface area contributed by atoms with E-state index in [4.69, 9.17) is 11.6 Å². The van der Waals surface area contributed by atoms with Crippen molar-refractivity contribution in [2.24, 2.45) is 0 Å². The fraction of sp³-hybridized carbons (Fsp3) is 0.125. The summed E-state index contributed by atoms with van der Waals surface area (Å²) in [6.45, 7) is 0. The highest BCUT2D eigenvalue weighted by molar-refractivity contribution is 7.85. The number of nitrogens with one attached hydrogen (secondary N) is 1. The highest BCUT2D eigenvalue weighted by Gasteiger charge is 2.22. The number of hydrogen-bond acceptors (Lipinski definition) is 4. The number of thiophene rings is 1. The van der Waals surface area contributed by atoms with Gasteiger partial charge in [0.15, 0.2) is 0 Å². The van der Waals surface area contributed by atoms with Crippen LogP contribution in [0.3, 0.4) is 0 Å². The lowest BCUT2D eigenvalue weighted by molar-refractivity contribution is -0.138. The summed E-state index contributed by atoms with van der Waals surface area (Å²) >= 11 is 7.10. The third-order valence-electron chi connectivity index (χ3n) is 3.36. The van der Waals surface area contributed by atoms with Gasteiger partial charge < -0.3 is 5.11 Å². The standard InChI is InChI=1S/C16H14ClN3O3S2/c17-12-9-18-20(10-12)14-6-7-15(24-14)25(23)19-13(16(21)22)8-11-4-2-1-3-5-11/h1-7,9-10,13,19H,8H2,(H,21,22). The van der Waals surface area contributed by atoms with E-state index in [1.165, 1.54) is 17.5 Å². The number of rotatable bonds is 7. The van der Waals surface area contributed by atoms with Crippen molar-refractivity contribution in [2.45, 2.75) is 16.7 Å². The van der Waals surface area contributed by atoms with Crippen LogP contribution in [0.25, 0.3) is 5.00 Å². The molecule has 1 aromatic carbocycles. The molecular weight excluding hydrogens is 382 g/mol. The van der Waals surface area contributed by atoms with E-state index < -0.39 is 23.0 Å². The molecule has 0 aliphatic rings. The quantitative estimate of drug-likeness (QED) is 0.644. The molecule has 0 aliphatic heterocycles. The first-order valence-corrected chi connectivity index (χ1v) is 9.62. The van der Waals surface area contributed by atoms with Gasteiger partial charge in [0.2, 0.25) is 0 Å². The molecule has 3 rings (SSSR count). The van der Waals surface area contributed by atoms with Crippen LogP contribution in [-0.4, -0.2) is 31.1 Å². The SMILES string of the molecule is O=C(O)C(Cc1ccccc1)NS(=O)c1ccc(-n2cc(Cl)cn2)s1. The number of carboxylic acid groups (broad SMARTS) is 1. The molecule has 6 nitrogen and oxygen atoms in total. The van der Waals surface area contributed by atoms with E-state index >= 15 is 0 Å². The van der Waals surface area contributed by atoms with Crippen molar-refractivity contribution in [3.63, 3.8) is 0 Å². The van der Waals surface area contributed by atoms with Crippen molar-refractivity contribution < 1.29 is 14.1 Å². The topological polar surface area (TPSA) is 84.2 Å². The Morgan fingerprint density at radius 2 is 2.08 bits per heavy atom. The minimum Gasteiger partial charge on any atom is -0.480 e. The normalized spacial score (nSPS) is 13.5. The number of carboxylic acids is 1. The molecule has 3 aromatic rings. The summed E-state index contributed by atoms with van der Waals surface area (Å²) in [5, 5.41) is 14.7. The maximum absolute atomic E-state index is 12.5. The Kier molecular flexibility index (Phi) is 5.64. The van der Waals surface area contributed by atoms with Gasteiger partial charge in [-0.2, -0.15) is 5.10 Å². The molecule has 2 N–H and O–H groups in total. The molecular formula is C16H14ClN3O3S2. The summed E-state index contributed by atoms with van der Waals surface area (Å²) in [5.74, 6) is -1.05.